The van der Waals surface area contributed by atoms with Crippen LogP contribution in [-0.4, -0.2) is 9.13 Å². The minimum Gasteiger partial charge on any atom is -0.309 e. The highest BCUT2D eigenvalue weighted by molar-refractivity contribution is 6.30. The van der Waals surface area contributed by atoms with E-state index in [4.69, 9.17) is 0 Å². The van der Waals surface area contributed by atoms with E-state index in [2.05, 4.69) is 215 Å². The molecule has 0 unspecified atom stereocenters. The zero-order chi connectivity index (χ0) is 40.2. The second-order valence-electron chi connectivity index (χ2n) is 17.3. The predicted molar refractivity (Wildman–Crippen MR) is 265 cm³/mol. The molecule has 0 spiro atoms. The molecule has 14 aromatic rings. The molecule has 12 aromatic carbocycles. The first kappa shape index (κ1) is 32.6. The van der Waals surface area contributed by atoms with Crippen LogP contribution in [-0.2, 0) is 0 Å². The molecule has 0 aliphatic heterocycles. The van der Waals surface area contributed by atoms with E-state index in [1.165, 1.54) is 142 Å². The Hall–Kier alpha value is -8.20. The molecule has 1 aliphatic rings. The molecule has 0 fully saturated rings. The molecule has 0 atom stereocenters. The lowest BCUT2D eigenvalue weighted by atomic mass is 9.78. The summed E-state index contributed by atoms with van der Waals surface area (Å²) in [5.74, 6) is 0. The van der Waals surface area contributed by atoms with Gasteiger partial charge in [-0.05, 0) is 160 Å². The van der Waals surface area contributed by atoms with Crippen molar-refractivity contribution in [3.8, 4) is 33.6 Å². The summed E-state index contributed by atoms with van der Waals surface area (Å²) >= 11 is 0. The van der Waals surface area contributed by atoms with Crippen molar-refractivity contribution in [3.63, 3.8) is 0 Å². The topological polar surface area (TPSA) is 9.86 Å². The number of benzene rings is 12. The van der Waals surface area contributed by atoms with Crippen LogP contribution in [0.3, 0.4) is 0 Å². The summed E-state index contributed by atoms with van der Waals surface area (Å²) < 4.78 is 4.95. The third-order valence-corrected chi connectivity index (χ3v) is 14.1. The van der Waals surface area contributed by atoms with Crippen molar-refractivity contribution < 1.29 is 0 Å². The lowest BCUT2D eigenvalue weighted by Crippen LogP contribution is -2.00. The van der Waals surface area contributed by atoms with E-state index in [0.717, 1.165) is 0 Å². The number of hydrogen-bond acceptors (Lipinski definition) is 0. The van der Waals surface area contributed by atoms with Crippen LogP contribution < -0.4 is 0 Å². The van der Waals surface area contributed by atoms with Gasteiger partial charge in [0.1, 0.15) is 0 Å². The highest BCUT2D eigenvalue weighted by Crippen LogP contribution is 2.51. The van der Waals surface area contributed by atoms with Gasteiger partial charge in [-0.15, -0.1) is 0 Å². The first-order valence-electron chi connectivity index (χ1n) is 21.6. The van der Waals surface area contributed by atoms with Crippen LogP contribution in [0.5, 0.6) is 0 Å². The average molecular weight is 783 g/mol. The van der Waals surface area contributed by atoms with E-state index >= 15 is 0 Å². The van der Waals surface area contributed by atoms with Gasteiger partial charge < -0.3 is 9.13 Å². The minimum absolute atomic E-state index is 1.18. The van der Waals surface area contributed by atoms with Crippen LogP contribution in [0.15, 0.2) is 206 Å². The summed E-state index contributed by atoms with van der Waals surface area (Å²) in [6, 6.07) is 77.2. The first-order chi connectivity index (χ1) is 30.7. The van der Waals surface area contributed by atoms with Crippen LogP contribution in [0.2, 0.25) is 0 Å². The Morgan fingerprint density at radius 3 is 0.806 bits per heavy atom. The van der Waals surface area contributed by atoms with Crippen molar-refractivity contribution in [2.24, 2.45) is 0 Å². The summed E-state index contributed by atoms with van der Waals surface area (Å²) in [4.78, 5) is 0. The second kappa shape index (κ2) is 11.8. The van der Waals surface area contributed by atoms with Crippen LogP contribution in [0, 0.1) is 0 Å². The van der Waals surface area contributed by atoms with Gasteiger partial charge in [-0.1, -0.05) is 133 Å². The molecule has 284 valence electrons. The fourth-order valence-electron chi connectivity index (χ4n) is 11.3. The number of rotatable bonds is 2. The molecule has 0 bridgehead atoms. The molecule has 0 saturated heterocycles. The molecule has 0 N–H and O–H groups in total. The maximum absolute atomic E-state index is 2.48. The Morgan fingerprint density at radius 1 is 0.210 bits per heavy atom. The van der Waals surface area contributed by atoms with Crippen molar-refractivity contribution in [1.82, 2.24) is 9.13 Å². The lowest BCUT2D eigenvalue weighted by Gasteiger charge is -2.26. The van der Waals surface area contributed by atoms with Gasteiger partial charge in [0.05, 0.1) is 22.1 Å². The Kier molecular flexibility index (Phi) is 6.18. The van der Waals surface area contributed by atoms with Crippen molar-refractivity contribution in [2.45, 2.75) is 0 Å². The van der Waals surface area contributed by atoms with Gasteiger partial charge >= 0.3 is 0 Å². The molecular weight excluding hydrogens is 749 g/mol. The second-order valence-corrected chi connectivity index (χ2v) is 17.3. The molecule has 0 amide bonds. The Morgan fingerprint density at radius 2 is 0.484 bits per heavy atom. The molecule has 0 saturated carbocycles. The lowest BCUT2D eigenvalue weighted by molar-refractivity contribution is 1.19. The minimum atomic E-state index is 1.18. The number of hydrogen-bond donors (Lipinski definition) is 0. The Labute approximate surface area is 355 Å². The fourth-order valence-corrected chi connectivity index (χ4v) is 11.3. The van der Waals surface area contributed by atoms with E-state index in [1.807, 2.05) is 0 Å². The van der Waals surface area contributed by atoms with Gasteiger partial charge in [-0.2, -0.15) is 0 Å². The number of nitrogens with zero attached hydrogens (tertiary/aromatic N) is 2. The van der Waals surface area contributed by atoms with E-state index in [-0.39, 0.29) is 0 Å². The Balaban J connectivity index is 0.886. The fraction of sp³-hybridized carbons (Fsp3) is 0. The summed E-state index contributed by atoms with van der Waals surface area (Å²) in [5, 5.41) is 20.5. The van der Waals surface area contributed by atoms with Gasteiger partial charge in [0.2, 0.25) is 0 Å². The molecular formula is C60H34N2. The highest BCUT2D eigenvalue weighted by atomic mass is 15.0. The van der Waals surface area contributed by atoms with Crippen LogP contribution >= 0.6 is 0 Å². The quantitative estimate of drug-likeness (QED) is 0.165. The number of fused-ring (bicyclic) bond motifs is 20. The van der Waals surface area contributed by atoms with Crippen LogP contribution in [0.1, 0.15) is 0 Å². The Bertz CT molecular complexity index is 3850. The number of aromatic nitrogens is 2. The molecule has 2 heteroatoms. The maximum atomic E-state index is 2.48. The summed E-state index contributed by atoms with van der Waals surface area (Å²) in [6.07, 6.45) is 0. The van der Waals surface area contributed by atoms with Crippen LogP contribution in [0.4, 0.5) is 0 Å². The summed E-state index contributed by atoms with van der Waals surface area (Å²) in [7, 11) is 0. The van der Waals surface area contributed by atoms with E-state index in [9.17, 15) is 0 Å². The van der Waals surface area contributed by atoms with Gasteiger partial charge in [0.25, 0.3) is 0 Å². The molecule has 2 heterocycles. The molecule has 15 rings (SSSR count). The summed E-state index contributed by atoms with van der Waals surface area (Å²) in [6.45, 7) is 0. The third-order valence-electron chi connectivity index (χ3n) is 14.1. The SMILES string of the molecule is c1ccc2c(c1)ccc1c2c2c3ccccc3ccc2n1-c1ccc2cc3c(cc2c1)-c1cc2ccc(-n4c5ccc6ccccc6c5c5c6ccccc6ccc54)cc2cc1-3. The van der Waals surface area contributed by atoms with Crippen molar-refractivity contribution in [1.29, 1.82) is 0 Å². The highest BCUT2D eigenvalue weighted by Gasteiger charge is 2.25. The summed E-state index contributed by atoms with van der Waals surface area (Å²) in [5.41, 5.74) is 12.6. The molecule has 62 heavy (non-hydrogen) atoms. The average Bonchev–Trinajstić information content (AvgIpc) is 3.87. The molecule has 2 nitrogen and oxygen atoms in total. The molecule has 0 radical (unpaired) electrons. The maximum Gasteiger partial charge on any atom is 0.0547 e. The normalized spacial score (nSPS) is 12.5. The zero-order valence-corrected chi connectivity index (χ0v) is 33.5. The predicted octanol–water partition coefficient (Wildman–Crippen LogP) is 16.4. The van der Waals surface area contributed by atoms with E-state index < -0.39 is 0 Å². The van der Waals surface area contributed by atoms with Crippen LogP contribution in [0.25, 0.3) is 142 Å². The standard InChI is InChI=1S/C60H34N2/c1-5-13-45-35(9-1)19-25-53-57(45)58-46-14-6-2-10-36(46)20-26-54(58)61(53)43-23-17-39-31-49-51(33-41(39)29-43)50-32-40-18-24-44(30-42(40)34-52(49)50)62-55-27-21-37-11-3-7-15-47(37)59(55)60-48-16-8-4-12-38(48)22-28-56(60)62/h1-34H. The van der Waals surface area contributed by atoms with Crippen molar-refractivity contribution in [3.05, 3.63) is 206 Å². The first-order valence-corrected chi connectivity index (χ1v) is 21.6. The van der Waals surface area contributed by atoms with E-state index in [1.54, 1.807) is 0 Å². The molecule has 1 aliphatic carbocycles. The van der Waals surface area contributed by atoms with E-state index in [0.29, 0.717) is 0 Å². The zero-order valence-electron chi connectivity index (χ0n) is 33.5. The molecule has 2 aromatic heterocycles. The van der Waals surface area contributed by atoms with Gasteiger partial charge in [-0.25, -0.2) is 0 Å². The van der Waals surface area contributed by atoms with Crippen molar-refractivity contribution >= 4 is 108 Å². The monoisotopic (exact) mass is 782 g/mol. The van der Waals surface area contributed by atoms with Crippen molar-refractivity contribution in [2.75, 3.05) is 0 Å². The van der Waals surface area contributed by atoms with Gasteiger partial charge in [-0.3, -0.25) is 0 Å². The third kappa shape index (κ3) is 4.23. The smallest absolute Gasteiger partial charge is 0.0547 e. The van der Waals surface area contributed by atoms with Gasteiger partial charge in [0, 0.05) is 32.9 Å². The van der Waals surface area contributed by atoms with Gasteiger partial charge in [0.15, 0.2) is 0 Å². The largest absolute Gasteiger partial charge is 0.309 e.